The third-order valence-corrected chi connectivity index (χ3v) is 3.89. The maximum Gasteiger partial charge on any atom is 0.248 e. The molecule has 0 saturated heterocycles. The summed E-state index contributed by atoms with van der Waals surface area (Å²) < 4.78 is 26.1. The van der Waals surface area contributed by atoms with E-state index in [0.29, 0.717) is 33.7 Å². The van der Waals surface area contributed by atoms with Gasteiger partial charge in [0.05, 0.1) is 15.7 Å². The number of nitrogens with one attached hydrogen (secondary N) is 1. The van der Waals surface area contributed by atoms with E-state index in [9.17, 15) is 8.78 Å². The van der Waals surface area contributed by atoms with E-state index >= 15 is 0 Å². The topological polar surface area (TPSA) is 12.0 Å². The zero-order valence-corrected chi connectivity index (χ0v) is 11.7. The Hall–Kier alpha value is -0.250. The smallest absolute Gasteiger partial charge is 0.248 e. The molecule has 18 heavy (non-hydrogen) atoms. The van der Waals surface area contributed by atoms with Crippen molar-refractivity contribution in [2.75, 3.05) is 11.9 Å². The second-order valence-corrected chi connectivity index (χ2v) is 5.84. The molecule has 1 aliphatic carbocycles. The van der Waals surface area contributed by atoms with Gasteiger partial charge in [-0.2, -0.15) is 0 Å². The average Bonchev–Trinajstić information content (AvgIpc) is 2.56. The Balaban J connectivity index is 1.99. The summed E-state index contributed by atoms with van der Waals surface area (Å²) in [5, 5.41) is 4.28. The predicted octanol–water partition coefficient (Wildman–Crippen LogP) is 5.49. The highest BCUT2D eigenvalue weighted by Gasteiger charge is 2.39. The lowest BCUT2D eigenvalue weighted by Gasteiger charge is -2.15. The van der Waals surface area contributed by atoms with Crippen LogP contribution in [0.2, 0.25) is 15.1 Å². The Bertz CT molecular complexity index is 428. The van der Waals surface area contributed by atoms with Crippen LogP contribution in [0.25, 0.3) is 0 Å². The van der Waals surface area contributed by atoms with Crippen LogP contribution in [-0.2, 0) is 0 Å². The zero-order valence-electron chi connectivity index (χ0n) is 9.45. The van der Waals surface area contributed by atoms with E-state index in [1.807, 2.05) is 0 Å². The normalized spacial score (nSPS) is 22.2. The van der Waals surface area contributed by atoms with Crippen LogP contribution in [0.5, 0.6) is 0 Å². The van der Waals surface area contributed by atoms with Gasteiger partial charge in [-0.1, -0.05) is 34.8 Å². The molecule has 1 fully saturated rings. The van der Waals surface area contributed by atoms with E-state index in [1.54, 1.807) is 12.1 Å². The Morgan fingerprint density at radius 1 is 1.22 bits per heavy atom. The number of hydrogen-bond donors (Lipinski definition) is 1. The first-order valence-electron chi connectivity index (χ1n) is 5.64. The van der Waals surface area contributed by atoms with E-state index in [-0.39, 0.29) is 18.8 Å². The fourth-order valence-corrected chi connectivity index (χ4v) is 3.12. The van der Waals surface area contributed by atoms with Crippen LogP contribution in [0, 0.1) is 5.92 Å². The van der Waals surface area contributed by atoms with Crippen LogP contribution in [0.1, 0.15) is 19.3 Å². The summed E-state index contributed by atoms with van der Waals surface area (Å²) in [4.78, 5) is 0. The summed E-state index contributed by atoms with van der Waals surface area (Å²) in [6, 6.07) is 3.14. The lowest BCUT2D eigenvalue weighted by Crippen LogP contribution is -2.15. The first-order chi connectivity index (χ1) is 8.37. The molecule has 0 bridgehead atoms. The van der Waals surface area contributed by atoms with Gasteiger partial charge in [-0.15, -0.1) is 0 Å². The molecule has 1 nitrogen and oxygen atoms in total. The van der Waals surface area contributed by atoms with Crippen LogP contribution < -0.4 is 5.32 Å². The van der Waals surface area contributed by atoms with Gasteiger partial charge in [0.1, 0.15) is 0 Å². The van der Waals surface area contributed by atoms with Gasteiger partial charge in [0.15, 0.2) is 0 Å². The molecular formula is C12H12Cl3F2N. The monoisotopic (exact) mass is 313 g/mol. The minimum atomic E-state index is -2.53. The van der Waals surface area contributed by atoms with Gasteiger partial charge in [0, 0.05) is 24.4 Å². The first kappa shape index (κ1) is 14.2. The van der Waals surface area contributed by atoms with Crippen molar-refractivity contribution in [1.82, 2.24) is 0 Å². The zero-order chi connectivity index (χ0) is 13.3. The second kappa shape index (κ2) is 5.40. The van der Waals surface area contributed by atoms with Crippen LogP contribution in [-0.4, -0.2) is 12.5 Å². The fraction of sp³-hybridized carbons (Fsp3) is 0.500. The molecule has 1 atom stereocenters. The average molecular weight is 315 g/mol. The van der Waals surface area contributed by atoms with E-state index < -0.39 is 5.92 Å². The summed E-state index contributed by atoms with van der Waals surface area (Å²) in [5.41, 5.74) is 0.554. The minimum absolute atomic E-state index is 0.0402. The SMILES string of the molecule is FC1(F)CCC(CNc2c(Cl)cc(Cl)cc2Cl)C1. The lowest BCUT2D eigenvalue weighted by molar-refractivity contribution is 0.00556. The van der Waals surface area contributed by atoms with Crippen LogP contribution in [0.3, 0.4) is 0 Å². The Kier molecular flexibility index (Phi) is 4.25. The van der Waals surface area contributed by atoms with Gasteiger partial charge in [0.2, 0.25) is 5.92 Å². The van der Waals surface area contributed by atoms with E-state index in [1.165, 1.54) is 0 Å². The third-order valence-electron chi connectivity index (χ3n) is 3.08. The molecule has 6 heteroatoms. The summed E-state index contributed by atoms with van der Waals surface area (Å²) in [6.07, 6.45) is 0.396. The molecule has 0 spiro atoms. The minimum Gasteiger partial charge on any atom is -0.382 e. The van der Waals surface area contributed by atoms with Gasteiger partial charge in [0.25, 0.3) is 0 Å². The van der Waals surface area contributed by atoms with Crippen LogP contribution >= 0.6 is 34.8 Å². The van der Waals surface area contributed by atoms with E-state index in [4.69, 9.17) is 34.8 Å². The van der Waals surface area contributed by atoms with Crippen molar-refractivity contribution in [1.29, 1.82) is 0 Å². The number of benzene rings is 1. The molecule has 0 amide bonds. The number of anilines is 1. The van der Waals surface area contributed by atoms with Crippen LogP contribution in [0.15, 0.2) is 12.1 Å². The van der Waals surface area contributed by atoms with E-state index in [0.717, 1.165) is 0 Å². The lowest BCUT2D eigenvalue weighted by atomic mass is 10.1. The van der Waals surface area contributed by atoms with Crippen molar-refractivity contribution >= 4 is 40.5 Å². The highest BCUT2D eigenvalue weighted by atomic mass is 35.5. The van der Waals surface area contributed by atoms with E-state index in [2.05, 4.69) is 5.32 Å². The summed E-state index contributed by atoms with van der Waals surface area (Å²) in [6.45, 7) is 0.441. The first-order valence-corrected chi connectivity index (χ1v) is 6.77. The number of alkyl halides is 2. The highest BCUT2D eigenvalue weighted by Crippen LogP contribution is 2.40. The van der Waals surface area contributed by atoms with Gasteiger partial charge >= 0.3 is 0 Å². The molecular weight excluding hydrogens is 302 g/mol. The van der Waals surface area contributed by atoms with Crippen molar-refractivity contribution < 1.29 is 8.78 Å². The van der Waals surface area contributed by atoms with Crippen molar-refractivity contribution in [3.63, 3.8) is 0 Å². The fourth-order valence-electron chi connectivity index (χ4n) is 2.17. The maximum atomic E-state index is 13.0. The second-order valence-electron chi connectivity index (χ2n) is 4.59. The Morgan fingerprint density at radius 3 is 2.33 bits per heavy atom. The molecule has 1 aromatic rings. The molecule has 1 unspecified atom stereocenters. The van der Waals surface area contributed by atoms with Crippen molar-refractivity contribution in [3.8, 4) is 0 Å². The molecule has 0 aromatic heterocycles. The largest absolute Gasteiger partial charge is 0.382 e. The molecule has 1 aromatic carbocycles. The molecule has 0 radical (unpaired) electrons. The Morgan fingerprint density at radius 2 is 1.83 bits per heavy atom. The molecule has 1 N–H and O–H groups in total. The standard InChI is InChI=1S/C12H12Cl3F2N/c13-8-3-9(14)11(10(15)4-8)18-6-7-1-2-12(16,17)5-7/h3-4,7,18H,1-2,5-6H2. The maximum absolute atomic E-state index is 13.0. The van der Waals surface area contributed by atoms with Crippen molar-refractivity contribution in [3.05, 3.63) is 27.2 Å². The number of rotatable bonds is 3. The molecule has 1 saturated carbocycles. The molecule has 1 aliphatic rings. The van der Waals surface area contributed by atoms with Crippen LogP contribution in [0.4, 0.5) is 14.5 Å². The molecule has 2 rings (SSSR count). The van der Waals surface area contributed by atoms with Gasteiger partial charge < -0.3 is 5.32 Å². The van der Waals surface area contributed by atoms with Crippen molar-refractivity contribution in [2.45, 2.75) is 25.2 Å². The van der Waals surface area contributed by atoms with Gasteiger partial charge in [-0.05, 0) is 24.5 Å². The molecule has 100 valence electrons. The quantitative estimate of drug-likeness (QED) is 0.777. The van der Waals surface area contributed by atoms with Crippen molar-refractivity contribution in [2.24, 2.45) is 5.92 Å². The summed E-state index contributed by atoms with van der Waals surface area (Å²) in [5.74, 6) is -2.58. The van der Waals surface area contributed by atoms with Gasteiger partial charge in [-0.25, -0.2) is 8.78 Å². The van der Waals surface area contributed by atoms with Gasteiger partial charge in [-0.3, -0.25) is 0 Å². The third kappa shape index (κ3) is 3.40. The molecule has 0 heterocycles. The summed E-state index contributed by atoms with van der Waals surface area (Å²) in [7, 11) is 0. The Labute approximate surface area is 119 Å². The predicted molar refractivity (Wildman–Crippen MR) is 72.2 cm³/mol. The summed E-state index contributed by atoms with van der Waals surface area (Å²) >= 11 is 17.8. The molecule has 0 aliphatic heterocycles. The highest BCUT2D eigenvalue weighted by molar-refractivity contribution is 6.41. The number of halogens is 5. The number of hydrogen-bond acceptors (Lipinski definition) is 1.